The lowest BCUT2D eigenvalue weighted by Crippen LogP contribution is -2.21. The molecule has 0 N–H and O–H groups in total. The molecular formula is C11H15BO. The molecule has 0 amide bonds. The van der Waals surface area contributed by atoms with Crippen LogP contribution in [0, 0.1) is 11.8 Å². The summed E-state index contributed by atoms with van der Waals surface area (Å²) >= 11 is 0. The Morgan fingerprint density at radius 2 is 2.23 bits per heavy atom. The van der Waals surface area contributed by atoms with Crippen molar-refractivity contribution >= 4 is 13.5 Å². The van der Waals surface area contributed by atoms with Crippen molar-refractivity contribution in [1.29, 1.82) is 0 Å². The molecule has 13 heavy (non-hydrogen) atoms. The van der Waals surface area contributed by atoms with Gasteiger partial charge in [0.25, 0.3) is 0 Å². The molecule has 2 heteroatoms. The molecule has 1 nitrogen and oxygen atoms in total. The summed E-state index contributed by atoms with van der Waals surface area (Å²) in [5.74, 6) is 1.62. The van der Waals surface area contributed by atoms with E-state index in [1.165, 1.54) is 19.3 Å². The van der Waals surface area contributed by atoms with E-state index in [0.29, 0.717) is 0 Å². The highest BCUT2D eigenvalue weighted by molar-refractivity contribution is 6.62. The first-order chi connectivity index (χ1) is 6.27. The molecule has 0 saturated heterocycles. The van der Waals surface area contributed by atoms with Crippen LogP contribution >= 0.6 is 0 Å². The monoisotopic (exact) mass is 174 g/mol. The van der Waals surface area contributed by atoms with Crippen LogP contribution in [0.1, 0.15) is 25.7 Å². The Morgan fingerprint density at radius 1 is 1.46 bits per heavy atom. The minimum Gasteiger partial charge on any atom is -0.307 e. The van der Waals surface area contributed by atoms with E-state index in [0.717, 1.165) is 23.8 Å². The largest absolute Gasteiger partial charge is 0.307 e. The van der Waals surface area contributed by atoms with Gasteiger partial charge in [0.1, 0.15) is 5.68 Å². The van der Waals surface area contributed by atoms with Crippen LogP contribution in [0.3, 0.4) is 0 Å². The first-order valence-electron chi connectivity index (χ1n) is 5.16. The quantitative estimate of drug-likeness (QED) is 0.579. The lowest BCUT2D eigenvalue weighted by molar-refractivity contribution is -0.108. The van der Waals surface area contributed by atoms with Crippen LogP contribution in [0.15, 0.2) is 23.8 Å². The molecule has 2 aliphatic rings. The van der Waals surface area contributed by atoms with E-state index in [9.17, 15) is 4.79 Å². The molecule has 0 aromatic carbocycles. The Labute approximate surface area is 80.3 Å². The highest BCUT2D eigenvalue weighted by Crippen LogP contribution is 2.37. The molecule has 0 spiro atoms. The lowest BCUT2D eigenvalue weighted by Gasteiger charge is -2.32. The fraction of sp³-hybridized carbons (Fsp3) is 0.545. The van der Waals surface area contributed by atoms with Crippen LogP contribution in [-0.4, -0.2) is 13.5 Å². The Morgan fingerprint density at radius 3 is 2.62 bits per heavy atom. The van der Waals surface area contributed by atoms with E-state index in [-0.39, 0.29) is 5.68 Å². The van der Waals surface area contributed by atoms with Gasteiger partial charge in [-0.15, -0.1) is 0 Å². The third-order valence-corrected chi connectivity index (χ3v) is 3.29. The molecule has 2 aliphatic carbocycles. The Kier molecular flexibility index (Phi) is 2.39. The van der Waals surface area contributed by atoms with Crippen molar-refractivity contribution in [2.24, 2.45) is 11.8 Å². The van der Waals surface area contributed by atoms with Crippen LogP contribution < -0.4 is 0 Å². The molecule has 1 fully saturated rings. The zero-order chi connectivity index (χ0) is 9.26. The summed E-state index contributed by atoms with van der Waals surface area (Å²) in [6, 6.07) is 0. The molecular weight excluding hydrogens is 159 g/mol. The summed E-state index contributed by atoms with van der Waals surface area (Å²) in [6.45, 7) is 0. The fourth-order valence-corrected chi connectivity index (χ4v) is 2.12. The molecule has 0 radical (unpaired) electrons. The second-order valence-electron chi connectivity index (χ2n) is 4.17. The molecule has 1 saturated carbocycles. The first-order valence-corrected chi connectivity index (χ1v) is 5.16. The van der Waals surface area contributed by atoms with Gasteiger partial charge in [0.2, 0.25) is 0 Å². The number of rotatable bonds is 2. The Balaban J connectivity index is 1.96. The van der Waals surface area contributed by atoms with Crippen molar-refractivity contribution in [2.45, 2.75) is 25.7 Å². The summed E-state index contributed by atoms with van der Waals surface area (Å²) < 4.78 is 0. The van der Waals surface area contributed by atoms with Crippen LogP contribution in [0.5, 0.6) is 0 Å². The summed E-state index contributed by atoms with van der Waals surface area (Å²) in [5.41, 5.74) is 1.10. The highest BCUT2D eigenvalue weighted by atomic mass is 16.1. The molecule has 0 aromatic rings. The van der Waals surface area contributed by atoms with Crippen molar-refractivity contribution in [2.75, 3.05) is 0 Å². The average molecular weight is 174 g/mol. The Hall–Kier alpha value is -0.785. The van der Waals surface area contributed by atoms with Gasteiger partial charge in [-0.05, 0) is 31.1 Å². The van der Waals surface area contributed by atoms with Crippen molar-refractivity contribution in [1.82, 2.24) is 0 Å². The van der Waals surface area contributed by atoms with Crippen molar-refractivity contribution in [3.8, 4) is 0 Å². The van der Waals surface area contributed by atoms with Gasteiger partial charge in [-0.2, -0.15) is 0 Å². The Bertz CT molecular complexity index is 274. The van der Waals surface area contributed by atoms with Gasteiger partial charge in [-0.25, -0.2) is 0 Å². The van der Waals surface area contributed by atoms with E-state index in [1.54, 1.807) is 7.85 Å². The van der Waals surface area contributed by atoms with Gasteiger partial charge < -0.3 is 4.79 Å². The van der Waals surface area contributed by atoms with Crippen LogP contribution in [0.4, 0.5) is 0 Å². The van der Waals surface area contributed by atoms with Gasteiger partial charge in [0.05, 0.1) is 0 Å². The van der Waals surface area contributed by atoms with Crippen LogP contribution in [0.25, 0.3) is 0 Å². The first kappa shape index (κ1) is 8.80. The third-order valence-electron chi connectivity index (χ3n) is 3.29. The van der Waals surface area contributed by atoms with Gasteiger partial charge in [0.15, 0.2) is 7.85 Å². The molecule has 0 bridgehead atoms. The molecule has 0 aromatic heterocycles. The molecule has 1 atom stereocenters. The zero-order valence-corrected chi connectivity index (χ0v) is 8.12. The van der Waals surface area contributed by atoms with Gasteiger partial charge in [-0.1, -0.05) is 24.6 Å². The van der Waals surface area contributed by atoms with Gasteiger partial charge >= 0.3 is 0 Å². The van der Waals surface area contributed by atoms with Crippen LogP contribution in [0.2, 0.25) is 0 Å². The van der Waals surface area contributed by atoms with Gasteiger partial charge in [-0.3, -0.25) is 0 Å². The summed E-state index contributed by atoms with van der Waals surface area (Å²) in [5, 5.41) is 0. The smallest absolute Gasteiger partial charge is 0.193 e. The van der Waals surface area contributed by atoms with Crippen molar-refractivity contribution in [3.05, 3.63) is 23.8 Å². The van der Waals surface area contributed by atoms with E-state index in [2.05, 4.69) is 12.2 Å². The number of hydrogen-bond acceptors (Lipinski definition) is 1. The second-order valence-corrected chi connectivity index (χ2v) is 4.17. The van der Waals surface area contributed by atoms with Gasteiger partial charge in [0, 0.05) is 5.57 Å². The number of carbonyl (C=O) groups is 1. The molecule has 0 aliphatic heterocycles. The standard InChI is InChI=1S/C11H15BO/c12-11(13)10-6-4-9(5-7-10)8-2-1-3-8/h4,6-9H,1-3,5,12H2. The normalized spacial score (nSPS) is 28.0. The topological polar surface area (TPSA) is 17.1 Å². The lowest BCUT2D eigenvalue weighted by atomic mass is 9.72. The van der Waals surface area contributed by atoms with Crippen molar-refractivity contribution in [3.63, 3.8) is 0 Å². The maximum absolute atomic E-state index is 11.0. The minimum atomic E-state index is 0.198. The van der Waals surface area contributed by atoms with Crippen molar-refractivity contribution < 1.29 is 4.79 Å². The van der Waals surface area contributed by atoms with Crippen LogP contribution in [-0.2, 0) is 4.79 Å². The predicted octanol–water partition coefficient (Wildman–Crippen LogP) is 1.45. The average Bonchev–Trinajstić information content (AvgIpc) is 2.02. The molecule has 1 unspecified atom stereocenters. The maximum atomic E-state index is 11.0. The summed E-state index contributed by atoms with van der Waals surface area (Å²) in [4.78, 5) is 11.0. The summed E-state index contributed by atoms with van der Waals surface area (Å²) in [6.07, 6.45) is 11.6. The van der Waals surface area contributed by atoms with E-state index >= 15 is 0 Å². The zero-order valence-electron chi connectivity index (χ0n) is 8.12. The van der Waals surface area contributed by atoms with E-state index in [4.69, 9.17) is 0 Å². The van der Waals surface area contributed by atoms with E-state index < -0.39 is 0 Å². The minimum absolute atomic E-state index is 0.198. The molecule has 0 heterocycles. The SMILES string of the molecule is BC(=O)C1=CCC(C2CCC2)C=C1. The predicted molar refractivity (Wildman–Crippen MR) is 56.2 cm³/mol. The third kappa shape index (κ3) is 1.77. The molecule has 68 valence electrons. The number of allylic oxidation sites excluding steroid dienone is 4. The number of hydrogen-bond donors (Lipinski definition) is 0. The van der Waals surface area contributed by atoms with E-state index in [1.807, 2.05) is 6.08 Å². The summed E-state index contributed by atoms with van der Waals surface area (Å²) in [7, 11) is 1.64. The fourth-order valence-electron chi connectivity index (χ4n) is 2.12. The highest BCUT2D eigenvalue weighted by Gasteiger charge is 2.25. The number of carbonyl (C=O) groups excluding carboxylic acids is 1. The molecule has 2 rings (SSSR count). The second kappa shape index (κ2) is 3.53. The maximum Gasteiger partial charge on any atom is 0.193 e.